The number of hydrogen-bond donors (Lipinski definition) is 0. The lowest BCUT2D eigenvalue weighted by Gasteiger charge is -2.19. The minimum Gasteiger partial charge on any atom is -0.330 e. The minimum absolute atomic E-state index is 0.275. The molecule has 2 rings (SSSR count). The molecule has 2 heterocycles. The van der Waals surface area contributed by atoms with Crippen LogP contribution < -0.4 is 0 Å². The monoisotopic (exact) mass is 189 g/mol. The molecule has 0 fully saturated rings. The molecule has 0 aliphatic carbocycles. The summed E-state index contributed by atoms with van der Waals surface area (Å²) in [5, 5.41) is 0. The van der Waals surface area contributed by atoms with E-state index in [0.717, 1.165) is 17.6 Å². The highest BCUT2D eigenvalue weighted by Gasteiger charge is 2.12. The maximum absolute atomic E-state index is 4.30. The van der Waals surface area contributed by atoms with Gasteiger partial charge in [0.15, 0.2) is 0 Å². The van der Waals surface area contributed by atoms with Gasteiger partial charge >= 0.3 is 0 Å². The van der Waals surface area contributed by atoms with Crippen molar-refractivity contribution in [3.63, 3.8) is 0 Å². The van der Waals surface area contributed by atoms with Crippen LogP contribution in [0.25, 0.3) is 11.0 Å². The third-order valence-electron chi connectivity index (χ3n) is 2.07. The molecule has 0 aliphatic heterocycles. The SMILES string of the molecule is CC(C)(C)Cn1cnc2cnccc21. The highest BCUT2D eigenvalue weighted by Crippen LogP contribution is 2.19. The van der Waals surface area contributed by atoms with Crippen molar-refractivity contribution < 1.29 is 0 Å². The summed E-state index contributed by atoms with van der Waals surface area (Å²) in [5.74, 6) is 0. The molecule has 3 nitrogen and oxygen atoms in total. The smallest absolute Gasteiger partial charge is 0.107 e. The Kier molecular flexibility index (Phi) is 2.02. The number of aromatic nitrogens is 3. The predicted molar refractivity (Wildman–Crippen MR) is 57.0 cm³/mol. The molecule has 2 aromatic rings. The summed E-state index contributed by atoms with van der Waals surface area (Å²) in [4.78, 5) is 8.35. The Hall–Kier alpha value is -1.38. The molecular weight excluding hydrogens is 174 g/mol. The second-order valence-electron chi connectivity index (χ2n) is 4.80. The largest absolute Gasteiger partial charge is 0.330 e. The zero-order valence-corrected chi connectivity index (χ0v) is 8.86. The van der Waals surface area contributed by atoms with Gasteiger partial charge in [-0.05, 0) is 11.5 Å². The van der Waals surface area contributed by atoms with E-state index in [0.29, 0.717) is 0 Å². The molecule has 3 heteroatoms. The lowest BCUT2D eigenvalue weighted by atomic mass is 9.97. The summed E-state index contributed by atoms with van der Waals surface area (Å²) >= 11 is 0. The van der Waals surface area contributed by atoms with Gasteiger partial charge in [-0.2, -0.15) is 0 Å². The molecule has 0 aromatic carbocycles. The van der Waals surface area contributed by atoms with Crippen molar-refractivity contribution in [3.05, 3.63) is 24.8 Å². The minimum atomic E-state index is 0.275. The van der Waals surface area contributed by atoms with Crippen molar-refractivity contribution in [2.24, 2.45) is 5.41 Å². The molecule has 0 unspecified atom stereocenters. The van der Waals surface area contributed by atoms with Crippen LogP contribution in [0.15, 0.2) is 24.8 Å². The number of fused-ring (bicyclic) bond motifs is 1. The van der Waals surface area contributed by atoms with Crippen molar-refractivity contribution in [1.29, 1.82) is 0 Å². The lowest BCUT2D eigenvalue weighted by Crippen LogP contribution is -2.14. The van der Waals surface area contributed by atoms with Crippen molar-refractivity contribution in [2.45, 2.75) is 27.3 Å². The summed E-state index contributed by atoms with van der Waals surface area (Å²) in [6.45, 7) is 7.65. The highest BCUT2D eigenvalue weighted by molar-refractivity contribution is 5.73. The molecule has 74 valence electrons. The summed E-state index contributed by atoms with van der Waals surface area (Å²) in [7, 11) is 0. The number of nitrogens with zero attached hydrogens (tertiary/aromatic N) is 3. The lowest BCUT2D eigenvalue weighted by molar-refractivity contribution is 0.348. The van der Waals surface area contributed by atoms with E-state index in [9.17, 15) is 0 Å². The molecule has 2 aromatic heterocycles. The standard InChI is InChI=1S/C11H15N3/c1-11(2,3)7-14-8-13-9-6-12-5-4-10(9)14/h4-6,8H,7H2,1-3H3. The normalized spacial score (nSPS) is 12.2. The Balaban J connectivity index is 2.44. The number of imidazole rings is 1. The Morgan fingerprint density at radius 2 is 2.14 bits per heavy atom. The first-order chi connectivity index (χ1) is 6.56. The number of rotatable bonds is 1. The predicted octanol–water partition coefficient (Wildman–Crippen LogP) is 2.48. The van der Waals surface area contributed by atoms with Crippen LogP contribution in [0.2, 0.25) is 0 Å². The van der Waals surface area contributed by atoms with Crippen LogP contribution in [0, 0.1) is 5.41 Å². The molecule has 0 amide bonds. The molecule has 0 N–H and O–H groups in total. The van der Waals surface area contributed by atoms with Gasteiger partial charge in [-0.25, -0.2) is 4.98 Å². The molecule has 0 bridgehead atoms. The van der Waals surface area contributed by atoms with Crippen molar-refractivity contribution in [3.8, 4) is 0 Å². The van der Waals surface area contributed by atoms with Crippen molar-refractivity contribution >= 4 is 11.0 Å². The Labute approximate surface area is 83.8 Å². The third-order valence-corrected chi connectivity index (χ3v) is 2.07. The first-order valence-corrected chi connectivity index (χ1v) is 4.81. The van der Waals surface area contributed by atoms with Crippen LogP contribution in [0.4, 0.5) is 0 Å². The van der Waals surface area contributed by atoms with E-state index in [2.05, 4.69) is 35.3 Å². The van der Waals surface area contributed by atoms with Crippen LogP contribution >= 0.6 is 0 Å². The fraction of sp³-hybridized carbons (Fsp3) is 0.455. The second-order valence-corrected chi connectivity index (χ2v) is 4.80. The molecular formula is C11H15N3. The van der Waals surface area contributed by atoms with Gasteiger partial charge in [0, 0.05) is 12.7 Å². The van der Waals surface area contributed by atoms with E-state index in [1.54, 1.807) is 6.20 Å². The van der Waals surface area contributed by atoms with E-state index in [1.807, 2.05) is 18.6 Å². The number of pyridine rings is 1. The summed E-state index contributed by atoms with van der Waals surface area (Å²) in [6.07, 6.45) is 5.50. The van der Waals surface area contributed by atoms with Crippen LogP contribution in [-0.2, 0) is 6.54 Å². The van der Waals surface area contributed by atoms with E-state index < -0.39 is 0 Å². The average molecular weight is 189 g/mol. The van der Waals surface area contributed by atoms with Gasteiger partial charge < -0.3 is 4.57 Å². The van der Waals surface area contributed by atoms with Crippen molar-refractivity contribution in [1.82, 2.24) is 14.5 Å². The summed E-state index contributed by atoms with van der Waals surface area (Å²) < 4.78 is 2.18. The molecule has 0 atom stereocenters. The van der Waals surface area contributed by atoms with Crippen molar-refractivity contribution in [2.75, 3.05) is 0 Å². The Morgan fingerprint density at radius 3 is 2.86 bits per heavy atom. The fourth-order valence-corrected chi connectivity index (χ4v) is 1.55. The highest BCUT2D eigenvalue weighted by atomic mass is 15.1. The van der Waals surface area contributed by atoms with Crippen LogP contribution in [0.5, 0.6) is 0 Å². The molecule has 0 saturated heterocycles. The average Bonchev–Trinajstić information content (AvgIpc) is 2.47. The van der Waals surface area contributed by atoms with E-state index in [-0.39, 0.29) is 5.41 Å². The van der Waals surface area contributed by atoms with Gasteiger partial charge in [0.2, 0.25) is 0 Å². The zero-order valence-electron chi connectivity index (χ0n) is 8.86. The molecule has 0 radical (unpaired) electrons. The Bertz CT molecular complexity index is 437. The quantitative estimate of drug-likeness (QED) is 0.690. The third kappa shape index (κ3) is 1.76. The van der Waals surface area contributed by atoms with E-state index in [4.69, 9.17) is 0 Å². The van der Waals surface area contributed by atoms with Crippen LogP contribution in [0.3, 0.4) is 0 Å². The fourth-order valence-electron chi connectivity index (χ4n) is 1.55. The molecule has 0 spiro atoms. The maximum Gasteiger partial charge on any atom is 0.107 e. The van der Waals surface area contributed by atoms with E-state index in [1.165, 1.54) is 0 Å². The summed E-state index contributed by atoms with van der Waals surface area (Å²) in [5.41, 5.74) is 2.41. The molecule has 0 aliphatic rings. The van der Waals surface area contributed by atoms with Gasteiger partial charge in [0.25, 0.3) is 0 Å². The topological polar surface area (TPSA) is 30.7 Å². The first kappa shape index (κ1) is 9.19. The Morgan fingerprint density at radius 1 is 1.36 bits per heavy atom. The van der Waals surface area contributed by atoms with Gasteiger partial charge in [-0.3, -0.25) is 4.98 Å². The van der Waals surface area contributed by atoms with Gasteiger partial charge in [0.1, 0.15) is 5.52 Å². The van der Waals surface area contributed by atoms with Crippen LogP contribution in [-0.4, -0.2) is 14.5 Å². The maximum atomic E-state index is 4.30. The van der Waals surface area contributed by atoms with Gasteiger partial charge in [0.05, 0.1) is 18.0 Å². The second kappa shape index (κ2) is 3.08. The first-order valence-electron chi connectivity index (χ1n) is 4.81. The molecule has 0 saturated carbocycles. The van der Waals surface area contributed by atoms with Gasteiger partial charge in [-0.1, -0.05) is 20.8 Å². The molecule has 14 heavy (non-hydrogen) atoms. The van der Waals surface area contributed by atoms with E-state index >= 15 is 0 Å². The van der Waals surface area contributed by atoms with Crippen LogP contribution in [0.1, 0.15) is 20.8 Å². The van der Waals surface area contributed by atoms with Gasteiger partial charge in [-0.15, -0.1) is 0 Å². The zero-order chi connectivity index (χ0) is 10.2. The summed E-state index contributed by atoms with van der Waals surface area (Å²) in [6, 6.07) is 2.01. The number of hydrogen-bond acceptors (Lipinski definition) is 2.